The maximum absolute atomic E-state index is 9.49. The van der Waals surface area contributed by atoms with Crippen LogP contribution in [0.4, 0.5) is 0 Å². The number of ether oxygens (including phenoxy) is 1. The molecule has 1 rings (SSSR count). The lowest BCUT2D eigenvalue weighted by Crippen LogP contribution is -2.33. The third kappa shape index (κ3) is 6.84. The molecule has 0 aromatic rings. The van der Waals surface area contributed by atoms with Gasteiger partial charge in [0.2, 0.25) is 0 Å². The first kappa shape index (κ1) is 12.9. The molecule has 4 heteroatoms. The number of hydrogen-bond acceptors (Lipinski definition) is 4. The summed E-state index contributed by atoms with van der Waals surface area (Å²) in [6, 6.07) is 0.800. The summed E-state index contributed by atoms with van der Waals surface area (Å²) in [5.41, 5.74) is 0. The van der Waals surface area contributed by atoms with Gasteiger partial charge in [-0.15, -0.1) is 0 Å². The van der Waals surface area contributed by atoms with E-state index in [0.717, 1.165) is 25.6 Å². The molecule has 0 aliphatic heterocycles. The fourth-order valence-electron chi connectivity index (χ4n) is 1.64. The summed E-state index contributed by atoms with van der Waals surface area (Å²) >= 11 is 0. The second kappa shape index (κ2) is 7.17. The zero-order chi connectivity index (χ0) is 11.1. The monoisotopic (exact) mass is 216 g/mol. The van der Waals surface area contributed by atoms with E-state index in [0.29, 0.717) is 13.2 Å². The molecule has 1 saturated carbocycles. The maximum atomic E-state index is 9.49. The highest BCUT2D eigenvalue weighted by Gasteiger charge is 2.19. The van der Waals surface area contributed by atoms with E-state index in [-0.39, 0.29) is 6.10 Å². The van der Waals surface area contributed by atoms with Crippen LogP contribution in [0.25, 0.3) is 0 Å². The Morgan fingerprint density at radius 2 is 2.27 bits per heavy atom. The molecule has 0 bridgehead atoms. The first-order valence-electron chi connectivity index (χ1n) is 5.81. The minimum absolute atomic E-state index is 0.364. The topological polar surface area (TPSA) is 44.7 Å². The highest BCUT2D eigenvalue weighted by molar-refractivity contribution is 4.80. The fourth-order valence-corrected chi connectivity index (χ4v) is 1.64. The summed E-state index contributed by atoms with van der Waals surface area (Å²) < 4.78 is 4.88. The zero-order valence-corrected chi connectivity index (χ0v) is 9.91. The van der Waals surface area contributed by atoms with E-state index in [1.54, 1.807) is 7.11 Å². The third-order valence-electron chi connectivity index (χ3n) is 2.61. The van der Waals surface area contributed by atoms with Crippen LogP contribution in [0.5, 0.6) is 0 Å². The smallest absolute Gasteiger partial charge is 0.0899 e. The Hall–Kier alpha value is -0.160. The number of aliphatic hydroxyl groups excluding tert-OH is 1. The average molecular weight is 216 g/mol. The molecule has 1 fully saturated rings. The van der Waals surface area contributed by atoms with Gasteiger partial charge < -0.3 is 20.1 Å². The molecule has 90 valence electrons. The van der Waals surface area contributed by atoms with Crippen LogP contribution >= 0.6 is 0 Å². The summed E-state index contributed by atoms with van der Waals surface area (Å²) in [5, 5.41) is 13.0. The van der Waals surface area contributed by atoms with Crippen LogP contribution in [0, 0.1) is 0 Å². The van der Waals surface area contributed by atoms with Gasteiger partial charge in [0.05, 0.1) is 12.7 Å². The van der Waals surface area contributed by atoms with Crippen LogP contribution < -0.4 is 5.32 Å². The summed E-state index contributed by atoms with van der Waals surface area (Å²) in [7, 11) is 3.65. The predicted octanol–water partition coefficient (Wildman–Crippen LogP) is 0.0676. The number of methoxy groups -OCH3 is 1. The van der Waals surface area contributed by atoms with Crippen molar-refractivity contribution in [3.05, 3.63) is 0 Å². The summed E-state index contributed by atoms with van der Waals surface area (Å²) in [5.74, 6) is 0. The summed E-state index contributed by atoms with van der Waals surface area (Å²) in [4.78, 5) is 2.15. The van der Waals surface area contributed by atoms with Gasteiger partial charge in [0.25, 0.3) is 0 Å². The van der Waals surface area contributed by atoms with Crippen LogP contribution in [0.3, 0.4) is 0 Å². The first-order chi connectivity index (χ1) is 7.22. The molecule has 0 aromatic carbocycles. The highest BCUT2D eigenvalue weighted by Crippen LogP contribution is 2.18. The van der Waals surface area contributed by atoms with E-state index < -0.39 is 0 Å². The van der Waals surface area contributed by atoms with Crippen molar-refractivity contribution in [2.24, 2.45) is 0 Å². The second-order valence-corrected chi connectivity index (χ2v) is 4.45. The van der Waals surface area contributed by atoms with E-state index in [1.807, 2.05) is 7.05 Å². The Morgan fingerprint density at radius 3 is 2.87 bits per heavy atom. The lowest BCUT2D eigenvalue weighted by molar-refractivity contribution is 0.0431. The summed E-state index contributed by atoms with van der Waals surface area (Å²) in [6.45, 7) is 3.23. The van der Waals surface area contributed by atoms with Crippen LogP contribution in [0.2, 0.25) is 0 Å². The molecule has 0 amide bonds. The molecule has 0 saturated heterocycles. The largest absolute Gasteiger partial charge is 0.389 e. The zero-order valence-electron chi connectivity index (χ0n) is 9.91. The molecule has 1 atom stereocenters. The van der Waals surface area contributed by atoms with Crippen LogP contribution in [0.15, 0.2) is 0 Å². The van der Waals surface area contributed by atoms with Crippen molar-refractivity contribution < 1.29 is 9.84 Å². The Labute approximate surface area is 92.6 Å². The number of likely N-dealkylation sites (N-methyl/N-ethyl adjacent to an activating group) is 1. The van der Waals surface area contributed by atoms with Crippen molar-refractivity contribution >= 4 is 0 Å². The van der Waals surface area contributed by atoms with Gasteiger partial charge in [-0.3, -0.25) is 0 Å². The lowest BCUT2D eigenvalue weighted by Gasteiger charge is -2.20. The predicted molar refractivity (Wildman–Crippen MR) is 61.0 cm³/mol. The molecule has 1 unspecified atom stereocenters. The Bertz CT molecular complexity index is 163. The molecule has 1 aliphatic carbocycles. The molecule has 0 radical (unpaired) electrons. The first-order valence-corrected chi connectivity index (χ1v) is 5.81. The standard InChI is InChI=1S/C11H24N2O2/c1-13(8-11(14)9-15-2)7-3-6-12-10-4-5-10/h10-12,14H,3-9H2,1-2H3. The second-order valence-electron chi connectivity index (χ2n) is 4.45. The number of rotatable bonds is 9. The average Bonchev–Trinajstić information content (AvgIpc) is 2.96. The van der Waals surface area contributed by atoms with Gasteiger partial charge in [-0.2, -0.15) is 0 Å². The van der Waals surface area contributed by atoms with E-state index in [4.69, 9.17) is 4.74 Å². The van der Waals surface area contributed by atoms with E-state index in [2.05, 4.69) is 10.2 Å². The third-order valence-corrected chi connectivity index (χ3v) is 2.61. The normalized spacial score (nSPS) is 18.4. The fraction of sp³-hybridized carbons (Fsp3) is 1.00. The van der Waals surface area contributed by atoms with Crippen molar-refractivity contribution in [3.63, 3.8) is 0 Å². The molecule has 0 spiro atoms. The van der Waals surface area contributed by atoms with Gasteiger partial charge in [0.1, 0.15) is 0 Å². The minimum atomic E-state index is -0.364. The van der Waals surface area contributed by atoms with Gasteiger partial charge in [-0.25, -0.2) is 0 Å². The quantitative estimate of drug-likeness (QED) is 0.535. The van der Waals surface area contributed by atoms with Gasteiger partial charge >= 0.3 is 0 Å². The molecular formula is C11H24N2O2. The van der Waals surface area contributed by atoms with Gasteiger partial charge in [-0.05, 0) is 39.4 Å². The van der Waals surface area contributed by atoms with E-state index in [9.17, 15) is 5.11 Å². The Kier molecular flexibility index (Phi) is 6.17. The van der Waals surface area contributed by atoms with E-state index >= 15 is 0 Å². The molecule has 1 aliphatic rings. The van der Waals surface area contributed by atoms with Crippen LogP contribution in [-0.4, -0.2) is 62.6 Å². The van der Waals surface area contributed by atoms with Crippen molar-refractivity contribution in [1.82, 2.24) is 10.2 Å². The number of nitrogens with one attached hydrogen (secondary N) is 1. The van der Waals surface area contributed by atoms with Crippen molar-refractivity contribution in [1.29, 1.82) is 0 Å². The molecule has 0 heterocycles. The van der Waals surface area contributed by atoms with Gasteiger partial charge in [-0.1, -0.05) is 0 Å². The van der Waals surface area contributed by atoms with Crippen molar-refractivity contribution in [2.75, 3.05) is 40.4 Å². The highest BCUT2D eigenvalue weighted by atomic mass is 16.5. The number of hydrogen-bond donors (Lipinski definition) is 2. The van der Waals surface area contributed by atoms with Crippen molar-refractivity contribution in [2.45, 2.75) is 31.4 Å². The Morgan fingerprint density at radius 1 is 1.53 bits per heavy atom. The minimum Gasteiger partial charge on any atom is -0.389 e. The van der Waals surface area contributed by atoms with Gasteiger partial charge in [0, 0.05) is 19.7 Å². The molecule has 0 aromatic heterocycles. The molecule has 2 N–H and O–H groups in total. The molecular weight excluding hydrogens is 192 g/mol. The molecule has 15 heavy (non-hydrogen) atoms. The maximum Gasteiger partial charge on any atom is 0.0899 e. The number of aliphatic hydroxyl groups is 1. The SMILES string of the molecule is COCC(O)CN(C)CCCNC1CC1. The van der Waals surface area contributed by atoms with Crippen molar-refractivity contribution in [3.8, 4) is 0 Å². The number of nitrogens with zero attached hydrogens (tertiary/aromatic N) is 1. The van der Waals surface area contributed by atoms with E-state index in [1.165, 1.54) is 12.8 Å². The molecule has 4 nitrogen and oxygen atoms in total. The van der Waals surface area contributed by atoms with Gasteiger partial charge in [0.15, 0.2) is 0 Å². The Balaban J connectivity index is 1.89. The van der Waals surface area contributed by atoms with Crippen LogP contribution in [-0.2, 0) is 4.74 Å². The summed E-state index contributed by atoms with van der Waals surface area (Å²) in [6.07, 6.45) is 3.48. The lowest BCUT2D eigenvalue weighted by atomic mass is 10.3. The van der Waals surface area contributed by atoms with Crippen LogP contribution in [0.1, 0.15) is 19.3 Å².